The second-order valence-corrected chi connectivity index (χ2v) is 6.84. The van der Waals surface area contributed by atoms with Crippen LogP contribution in [-0.2, 0) is 11.2 Å². The molecule has 3 nitrogen and oxygen atoms in total. The minimum absolute atomic E-state index is 0.0315. The first-order valence-electron chi connectivity index (χ1n) is 7.84. The molecule has 1 aromatic rings. The summed E-state index contributed by atoms with van der Waals surface area (Å²) in [5.74, 6) is 0. The van der Waals surface area contributed by atoms with Gasteiger partial charge in [0.1, 0.15) is 0 Å². The van der Waals surface area contributed by atoms with Gasteiger partial charge in [-0.25, -0.2) is 0 Å². The van der Waals surface area contributed by atoms with Crippen molar-refractivity contribution in [2.75, 3.05) is 13.7 Å². The minimum Gasteiger partial charge on any atom is -0.472 e. The lowest BCUT2D eigenvalue weighted by Crippen LogP contribution is -2.55. The molecule has 1 heterocycles. The van der Waals surface area contributed by atoms with E-state index in [-0.39, 0.29) is 5.60 Å². The van der Waals surface area contributed by atoms with E-state index in [4.69, 9.17) is 9.15 Å². The Morgan fingerprint density at radius 1 is 1.30 bits per heavy atom. The van der Waals surface area contributed by atoms with Gasteiger partial charge in [0.25, 0.3) is 0 Å². The van der Waals surface area contributed by atoms with Crippen molar-refractivity contribution in [2.45, 2.75) is 64.5 Å². The number of nitrogens with one attached hydrogen (secondary N) is 1. The van der Waals surface area contributed by atoms with Gasteiger partial charge in [0.05, 0.1) is 18.1 Å². The Bertz CT molecular complexity index is 387. The molecule has 3 heteroatoms. The van der Waals surface area contributed by atoms with Gasteiger partial charge in [-0.3, -0.25) is 0 Å². The van der Waals surface area contributed by atoms with Crippen LogP contribution in [0.25, 0.3) is 0 Å². The van der Waals surface area contributed by atoms with Gasteiger partial charge in [0.2, 0.25) is 0 Å². The summed E-state index contributed by atoms with van der Waals surface area (Å²) in [5.41, 5.74) is 1.67. The van der Waals surface area contributed by atoms with Crippen molar-refractivity contribution < 1.29 is 9.15 Å². The molecular weight excluding hydrogens is 250 g/mol. The molecule has 0 amide bonds. The minimum atomic E-state index is -0.0315. The summed E-state index contributed by atoms with van der Waals surface area (Å²) in [5, 5.41) is 3.50. The zero-order valence-corrected chi connectivity index (χ0v) is 13.4. The van der Waals surface area contributed by atoms with E-state index in [1.165, 1.54) is 18.4 Å². The Balaban J connectivity index is 2.13. The zero-order chi connectivity index (χ0) is 14.6. The maximum atomic E-state index is 6.27. The van der Waals surface area contributed by atoms with E-state index in [2.05, 4.69) is 32.2 Å². The van der Waals surface area contributed by atoms with Gasteiger partial charge in [-0.2, -0.15) is 0 Å². The highest BCUT2D eigenvalue weighted by atomic mass is 16.5. The summed E-state index contributed by atoms with van der Waals surface area (Å²) in [6.45, 7) is 7.62. The molecule has 0 radical (unpaired) electrons. The van der Waals surface area contributed by atoms with Crippen LogP contribution in [0, 0.1) is 5.41 Å². The molecule has 20 heavy (non-hydrogen) atoms. The van der Waals surface area contributed by atoms with Crippen molar-refractivity contribution in [1.29, 1.82) is 0 Å². The highest BCUT2D eigenvalue weighted by molar-refractivity contribution is 5.11. The maximum absolute atomic E-state index is 6.27. The van der Waals surface area contributed by atoms with Gasteiger partial charge >= 0.3 is 0 Å². The largest absolute Gasteiger partial charge is 0.472 e. The summed E-state index contributed by atoms with van der Waals surface area (Å²) in [6.07, 6.45) is 9.30. The molecule has 1 atom stereocenters. The topological polar surface area (TPSA) is 34.4 Å². The fourth-order valence-electron chi connectivity index (χ4n) is 3.43. The van der Waals surface area contributed by atoms with Crippen LogP contribution in [0.1, 0.15) is 52.0 Å². The molecule has 0 saturated heterocycles. The van der Waals surface area contributed by atoms with Crippen LogP contribution in [0.15, 0.2) is 23.0 Å². The molecule has 2 rings (SSSR count). The molecule has 114 valence electrons. The van der Waals surface area contributed by atoms with Crippen LogP contribution >= 0.6 is 0 Å². The van der Waals surface area contributed by atoms with E-state index in [1.807, 2.05) is 13.3 Å². The number of rotatable bonds is 6. The van der Waals surface area contributed by atoms with E-state index in [1.54, 1.807) is 6.26 Å². The molecule has 0 bridgehead atoms. The standard InChI is InChI=1S/C17H29NO2/c1-5-20-17(9-7-16(2,3)8-10-17)15(18-4)12-14-6-11-19-13-14/h6,11,13,15,18H,5,7-10,12H2,1-4H3. The summed E-state index contributed by atoms with van der Waals surface area (Å²) in [4.78, 5) is 0. The molecule has 1 aliphatic carbocycles. The molecule has 0 aliphatic heterocycles. The van der Waals surface area contributed by atoms with Crippen LogP contribution < -0.4 is 5.32 Å². The third-order valence-corrected chi connectivity index (χ3v) is 4.89. The average Bonchev–Trinajstić information content (AvgIpc) is 2.92. The van der Waals surface area contributed by atoms with E-state index < -0.39 is 0 Å². The Labute approximate surface area is 123 Å². The highest BCUT2D eigenvalue weighted by Gasteiger charge is 2.44. The number of likely N-dealkylation sites (N-methyl/N-ethyl adjacent to an activating group) is 1. The number of ether oxygens (including phenoxy) is 1. The fourth-order valence-corrected chi connectivity index (χ4v) is 3.43. The highest BCUT2D eigenvalue weighted by Crippen LogP contribution is 2.44. The van der Waals surface area contributed by atoms with E-state index >= 15 is 0 Å². The van der Waals surface area contributed by atoms with Crippen molar-refractivity contribution in [3.8, 4) is 0 Å². The Morgan fingerprint density at radius 2 is 2.00 bits per heavy atom. The SMILES string of the molecule is CCOC1(C(Cc2ccoc2)NC)CCC(C)(C)CC1. The van der Waals surface area contributed by atoms with Crippen molar-refractivity contribution in [3.05, 3.63) is 24.2 Å². The molecule has 0 aromatic carbocycles. The summed E-state index contributed by atoms with van der Waals surface area (Å²) >= 11 is 0. The van der Waals surface area contributed by atoms with Crippen molar-refractivity contribution in [3.63, 3.8) is 0 Å². The summed E-state index contributed by atoms with van der Waals surface area (Å²) in [6, 6.07) is 2.40. The van der Waals surface area contributed by atoms with E-state index in [9.17, 15) is 0 Å². The fraction of sp³-hybridized carbons (Fsp3) is 0.765. The lowest BCUT2D eigenvalue weighted by molar-refractivity contribution is -0.105. The molecule has 0 spiro atoms. The average molecular weight is 279 g/mol. The van der Waals surface area contributed by atoms with Gasteiger partial charge in [-0.1, -0.05) is 13.8 Å². The first-order chi connectivity index (χ1) is 9.51. The molecule has 1 saturated carbocycles. The monoisotopic (exact) mass is 279 g/mol. The molecule has 1 N–H and O–H groups in total. The molecule has 1 aliphatic rings. The third-order valence-electron chi connectivity index (χ3n) is 4.89. The Kier molecular flexibility index (Phi) is 4.92. The molecule has 1 fully saturated rings. The van der Waals surface area contributed by atoms with Crippen molar-refractivity contribution in [2.24, 2.45) is 5.41 Å². The van der Waals surface area contributed by atoms with Gasteiger partial charge in [0.15, 0.2) is 0 Å². The second-order valence-electron chi connectivity index (χ2n) is 6.84. The Morgan fingerprint density at radius 3 is 2.50 bits per heavy atom. The van der Waals surface area contributed by atoms with Gasteiger partial charge < -0.3 is 14.5 Å². The lowest BCUT2D eigenvalue weighted by Gasteiger charge is -2.47. The number of hydrogen-bond donors (Lipinski definition) is 1. The van der Waals surface area contributed by atoms with Crippen molar-refractivity contribution in [1.82, 2.24) is 5.32 Å². The normalized spacial score (nSPS) is 22.6. The van der Waals surface area contributed by atoms with Crippen LogP contribution in [-0.4, -0.2) is 25.3 Å². The smallest absolute Gasteiger partial charge is 0.0935 e. The predicted molar refractivity (Wildman–Crippen MR) is 81.9 cm³/mol. The van der Waals surface area contributed by atoms with Crippen LogP contribution in [0.3, 0.4) is 0 Å². The molecular formula is C17H29NO2. The first-order valence-corrected chi connectivity index (χ1v) is 7.84. The predicted octanol–water partition coefficient (Wildman–Crippen LogP) is 3.79. The van der Waals surface area contributed by atoms with Crippen LogP contribution in [0.5, 0.6) is 0 Å². The number of hydrogen-bond acceptors (Lipinski definition) is 3. The van der Waals surface area contributed by atoms with Gasteiger partial charge in [0, 0.05) is 12.6 Å². The Hall–Kier alpha value is -0.800. The number of furan rings is 1. The second kappa shape index (κ2) is 6.31. The van der Waals surface area contributed by atoms with Crippen LogP contribution in [0.4, 0.5) is 0 Å². The first kappa shape index (κ1) is 15.6. The summed E-state index contributed by atoms with van der Waals surface area (Å²) < 4.78 is 11.5. The molecule has 1 aromatic heterocycles. The quantitative estimate of drug-likeness (QED) is 0.860. The molecule has 1 unspecified atom stereocenters. The zero-order valence-electron chi connectivity index (χ0n) is 13.4. The van der Waals surface area contributed by atoms with E-state index in [0.717, 1.165) is 25.9 Å². The third kappa shape index (κ3) is 3.44. The van der Waals surface area contributed by atoms with E-state index in [0.29, 0.717) is 11.5 Å². The van der Waals surface area contributed by atoms with Crippen LogP contribution in [0.2, 0.25) is 0 Å². The lowest BCUT2D eigenvalue weighted by atomic mass is 9.67. The summed E-state index contributed by atoms with van der Waals surface area (Å²) in [7, 11) is 2.05. The van der Waals surface area contributed by atoms with Crippen molar-refractivity contribution >= 4 is 0 Å². The van der Waals surface area contributed by atoms with Gasteiger partial charge in [-0.05, 0) is 63.1 Å². The maximum Gasteiger partial charge on any atom is 0.0935 e. The van der Waals surface area contributed by atoms with Gasteiger partial charge in [-0.15, -0.1) is 0 Å².